The molecule has 1 radical (unpaired) electrons. The maximum Gasteiger partial charge on any atom is 0.387 e. The minimum absolute atomic E-state index is 0.126. The van der Waals surface area contributed by atoms with Gasteiger partial charge in [0.2, 0.25) is 0 Å². The van der Waals surface area contributed by atoms with E-state index in [1.54, 1.807) is 18.2 Å². The summed E-state index contributed by atoms with van der Waals surface area (Å²) in [5, 5.41) is 0. The topological polar surface area (TPSA) is 18.5 Å². The van der Waals surface area contributed by atoms with Crippen LogP contribution < -0.4 is 4.74 Å². The molecule has 0 aliphatic rings. The molecule has 0 aromatic heterocycles. The van der Waals surface area contributed by atoms with Gasteiger partial charge in [-0.1, -0.05) is 18.2 Å². The van der Waals surface area contributed by atoms with Crippen LogP contribution >= 0.6 is 0 Å². The first kappa shape index (κ1) is 9.92. The SMILES string of the molecule is [CH2]OCc1ccccc1OC(F)F. The summed E-state index contributed by atoms with van der Waals surface area (Å²) in [7, 11) is 3.16. The molecule has 0 bridgehead atoms. The molecule has 13 heavy (non-hydrogen) atoms. The summed E-state index contributed by atoms with van der Waals surface area (Å²) in [5.41, 5.74) is 0.554. The summed E-state index contributed by atoms with van der Waals surface area (Å²) >= 11 is 0. The van der Waals surface area contributed by atoms with E-state index in [-0.39, 0.29) is 12.4 Å². The average Bonchev–Trinajstić information content (AvgIpc) is 2.08. The van der Waals surface area contributed by atoms with Crippen LogP contribution in [0.5, 0.6) is 5.75 Å². The molecule has 0 saturated carbocycles. The highest BCUT2D eigenvalue weighted by Gasteiger charge is 2.07. The molecule has 0 aliphatic carbocycles. The van der Waals surface area contributed by atoms with E-state index in [0.717, 1.165) is 0 Å². The van der Waals surface area contributed by atoms with Crippen molar-refractivity contribution in [2.24, 2.45) is 0 Å². The molecule has 0 amide bonds. The van der Waals surface area contributed by atoms with Crippen molar-refractivity contribution in [1.29, 1.82) is 0 Å². The molecule has 4 heteroatoms. The van der Waals surface area contributed by atoms with Gasteiger partial charge in [0.05, 0.1) is 13.7 Å². The minimum atomic E-state index is -2.81. The first-order chi connectivity index (χ1) is 6.24. The zero-order valence-electron chi connectivity index (χ0n) is 6.87. The second kappa shape index (κ2) is 4.77. The van der Waals surface area contributed by atoms with Gasteiger partial charge in [0.15, 0.2) is 0 Å². The largest absolute Gasteiger partial charge is 0.434 e. The minimum Gasteiger partial charge on any atom is -0.434 e. The van der Waals surface area contributed by atoms with Crippen LogP contribution in [0, 0.1) is 7.11 Å². The van der Waals surface area contributed by atoms with Gasteiger partial charge in [0.1, 0.15) is 5.75 Å². The van der Waals surface area contributed by atoms with Gasteiger partial charge in [-0.05, 0) is 6.07 Å². The summed E-state index contributed by atoms with van der Waals surface area (Å²) < 4.78 is 32.6. The lowest BCUT2D eigenvalue weighted by molar-refractivity contribution is -0.0510. The summed E-state index contributed by atoms with van der Waals surface area (Å²) in [6, 6.07) is 6.43. The van der Waals surface area contributed by atoms with Gasteiger partial charge in [0.25, 0.3) is 0 Å². The molecule has 0 N–H and O–H groups in total. The van der Waals surface area contributed by atoms with Crippen LogP contribution in [0.3, 0.4) is 0 Å². The predicted molar refractivity (Wildman–Crippen MR) is 43.2 cm³/mol. The highest BCUT2D eigenvalue weighted by atomic mass is 19.3. The molecule has 0 atom stereocenters. The fourth-order valence-corrected chi connectivity index (χ4v) is 0.944. The maximum absolute atomic E-state index is 11.9. The molecule has 0 heterocycles. The van der Waals surface area contributed by atoms with E-state index in [2.05, 4.69) is 16.6 Å². The van der Waals surface area contributed by atoms with Gasteiger partial charge in [-0.25, -0.2) is 0 Å². The van der Waals surface area contributed by atoms with Crippen LogP contribution in [0.1, 0.15) is 5.56 Å². The number of benzene rings is 1. The summed E-state index contributed by atoms with van der Waals surface area (Å²) in [6.45, 7) is -2.66. The third-order valence-corrected chi connectivity index (χ3v) is 1.45. The van der Waals surface area contributed by atoms with Gasteiger partial charge in [0, 0.05) is 5.56 Å². The molecule has 1 aromatic rings. The van der Waals surface area contributed by atoms with Crippen molar-refractivity contribution < 1.29 is 18.3 Å². The predicted octanol–water partition coefficient (Wildman–Crippen LogP) is 2.60. The van der Waals surface area contributed by atoms with Crippen molar-refractivity contribution in [1.82, 2.24) is 0 Å². The fourth-order valence-electron chi connectivity index (χ4n) is 0.944. The second-order valence-corrected chi connectivity index (χ2v) is 2.33. The quantitative estimate of drug-likeness (QED) is 0.721. The van der Waals surface area contributed by atoms with Crippen molar-refractivity contribution in [2.75, 3.05) is 0 Å². The Bertz CT molecular complexity index is 264. The van der Waals surface area contributed by atoms with Gasteiger partial charge < -0.3 is 9.47 Å². The molecule has 71 valence electrons. The molecule has 0 unspecified atom stereocenters. The second-order valence-electron chi connectivity index (χ2n) is 2.33. The lowest BCUT2D eigenvalue weighted by Crippen LogP contribution is -2.04. The van der Waals surface area contributed by atoms with Crippen LogP contribution in [-0.2, 0) is 11.3 Å². The van der Waals surface area contributed by atoms with Gasteiger partial charge in [-0.2, -0.15) is 8.78 Å². The standard InChI is InChI=1S/C9H9F2O2/c1-12-6-7-4-2-3-5-8(7)13-9(10)11/h2-5,9H,1,6H2. The lowest BCUT2D eigenvalue weighted by atomic mass is 10.2. The van der Waals surface area contributed by atoms with Gasteiger partial charge in [-0.15, -0.1) is 0 Å². The van der Waals surface area contributed by atoms with Crippen LogP contribution in [0.2, 0.25) is 0 Å². The Morgan fingerprint density at radius 3 is 2.62 bits per heavy atom. The first-order valence-electron chi connectivity index (χ1n) is 3.63. The van der Waals surface area contributed by atoms with Crippen LogP contribution in [0.4, 0.5) is 8.78 Å². The van der Waals surface area contributed by atoms with Crippen LogP contribution in [-0.4, -0.2) is 6.61 Å². The molecule has 2 nitrogen and oxygen atoms in total. The monoisotopic (exact) mass is 187 g/mol. The normalized spacial score (nSPS) is 10.5. The van der Waals surface area contributed by atoms with Crippen molar-refractivity contribution in [3.63, 3.8) is 0 Å². The molecular weight excluding hydrogens is 178 g/mol. The van der Waals surface area contributed by atoms with E-state index in [4.69, 9.17) is 0 Å². The van der Waals surface area contributed by atoms with Crippen molar-refractivity contribution in [3.05, 3.63) is 36.9 Å². The smallest absolute Gasteiger partial charge is 0.387 e. The van der Waals surface area contributed by atoms with Gasteiger partial charge >= 0.3 is 6.61 Å². The molecule has 0 aliphatic heterocycles. The first-order valence-corrected chi connectivity index (χ1v) is 3.63. The average molecular weight is 187 g/mol. The van der Waals surface area contributed by atoms with E-state index >= 15 is 0 Å². The van der Waals surface area contributed by atoms with E-state index in [1.807, 2.05) is 0 Å². The van der Waals surface area contributed by atoms with Crippen molar-refractivity contribution >= 4 is 0 Å². The Hall–Kier alpha value is -1.16. The summed E-state index contributed by atoms with van der Waals surface area (Å²) in [6.07, 6.45) is 0. The van der Waals surface area contributed by atoms with Crippen LogP contribution in [0.15, 0.2) is 24.3 Å². The summed E-state index contributed by atoms with van der Waals surface area (Å²) in [5.74, 6) is 0.126. The molecule has 1 rings (SSSR count). The van der Waals surface area contributed by atoms with Crippen molar-refractivity contribution in [3.8, 4) is 5.75 Å². The highest BCUT2D eigenvalue weighted by Crippen LogP contribution is 2.20. The Morgan fingerprint density at radius 1 is 1.31 bits per heavy atom. The zero-order valence-corrected chi connectivity index (χ0v) is 6.87. The molecular formula is C9H9F2O2. The third-order valence-electron chi connectivity index (χ3n) is 1.45. The molecule has 1 aromatic carbocycles. The number of ether oxygens (including phenoxy) is 2. The van der Waals surface area contributed by atoms with Crippen molar-refractivity contribution in [2.45, 2.75) is 13.2 Å². The van der Waals surface area contributed by atoms with E-state index in [0.29, 0.717) is 5.56 Å². The number of rotatable bonds is 4. The van der Waals surface area contributed by atoms with E-state index in [1.165, 1.54) is 6.07 Å². The molecule has 0 spiro atoms. The zero-order chi connectivity index (χ0) is 9.68. The third kappa shape index (κ3) is 2.99. The number of halogens is 2. The Morgan fingerprint density at radius 2 is 2.00 bits per heavy atom. The lowest BCUT2D eigenvalue weighted by Gasteiger charge is -2.08. The number of hydrogen-bond acceptors (Lipinski definition) is 2. The number of para-hydroxylation sites is 1. The number of hydrogen-bond donors (Lipinski definition) is 0. The molecule has 0 fully saturated rings. The van der Waals surface area contributed by atoms with Crippen LogP contribution in [0.25, 0.3) is 0 Å². The maximum atomic E-state index is 11.9. The van der Waals surface area contributed by atoms with E-state index in [9.17, 15) is 8.78 Å². The fraction of sp³-hybridized carbons (Fsp3) is 0.222. The summed E-state index contributed by atoms with van der Waals surface area (Å²) in [4.78, 5) is 0. The Balaban J connectivity index is 2.78. The number of alkyl halides is 2. The molecule has 0 saturated heterocycles. The van der Waals surface area contributed by atoms with Gasteiger partial charge in [-0.3, -0.25) is 0 Å². The Labute approximate surface area is 75.1 Å². The highest BCUT2D eigenvalue weighted by molar-refractivity contribution is 5.32. The Kier molecular flexibility index (Phi) is 3.64. The van der Waals surface area contributed by atoms with E-state index < -0.39 is 6.61 Å².